The summed E-state index contributed by atoms with van der Waals surface area (Å²) in [6.07, 6.45) is 0.130. The van der Waals surface area contributed by atoms with E-state index in [4.69, 9.17) is 0 Å². The minimum absolute atomic E-state index is 0.161. The zero-order chi connectivity index (χ0) is 13.3. The Morgan fingerprint density at radius 3 is 2.72 bits per heavy atom. The Morgan fingerprint density at radius 2 is 2.11 bits per heavy atom. The van der Waals surface area contributed by atoms with Crippen LogP contribution in [0.4, 0.5) is 0 Å². The maximum absolute atomic E-state index is 12.4. The molecule has 2 atom stereocenters. The molecule has 0 bridgehead atoms. The topological polar surface area (TPSA) is 57.6 Å². The van der Waals surface area contributed by atoms with Gasteiger partial charge in [0, 0.05) is 13.1 Å². The number of hydrogen-bond donors (Lipinski definition) is 1. The van der Waals surface area contributed by atoms with Crippen molar-refractivity contribution in [2.24, 2.45) is 5.92 Å². The van der Waals surface area contributed by atoms with Crippen LogP contribution >= 0.6 is 0 Å². The third-order valence-corrected chi connectivity index (χ3v) is 5.37. The van der Waals surface area contributed by atoms with E-state index in [0.717, 1.165) is 5.56 Å². The molecule has 100 valence electrons. The fourth-order valence-corrected chi connectivity index (χ4v) is 3.74. The number of aliphatic hydroxyl groups excluding tert-OH is 1. The Balaban J connectivity index is 2.27. The standard InChI is InChI=1S/C13H19NO3S/c1-10-4-3-5-12(8-10)18(16,17)14-7-6-11(2)13(15)9-14/h3-5,8,11,13,15H,6-7,9H2,1-2H3. The Kier molecular flexibility index (Phi) is 3.75. The number of aryl methyl sites for hydroxylation is 1. The summed E-state index contributed by atoms with van der Waals surface area (Å²) in [5, 5.41) is 9.81. The second-order valence-electron chi connectivity index (χ2n) is 5.01. The van der Waals surface area contributed by atoms with Crippen molar-refractivity contribution >= 4 is 10.0 Å². The van der Waals surface area contributed by atoms with Crippen LogP contribution in [0, 0.1) is 12.8 Å². The highest BCUT2D eigenvalue weighted by Crippen LogP contribution is 2.24. The fraction of sp³-hybridized carbons (Fsp3) is 0.538. The van der Waals surface area contributed by atoms with Crippen LogP contribution in [0.15, 0.2) is 29.2 Å². The van der Waals surface area contributed by atoms with Gasteiger partial charge in [0.15, 0.2) is 0 Å². The molecule has 1 saturated heterocycles. The van der Waals surface area contributed by atoms with Gasteiger partial charge in [0.2, 0.25) is 10.0 Å². The smallest absolute Gasteiger partial charge is 0.243 e. The Bertz CT molecular complexity index is 527. The van der Waals surface area contributed by atoms with Crippen LogP contribution in [0.25, 0.3) is 0 Å². The van der Waals surface area contributed by atoms with Crippen LogP contribution in [-0.2, 0) is 10.0 Å². The molecular formula is C13H19NO3S. The first-order valence-electron chi connectivity index (χ1n) is 6.16. The van der Waals surface area contributed by atoms with E-state index in [-0.39, 0.29) is 12.5 Å². The van der Waals surface area contributed by atoms with Crippen molar-refractivity contribution in [1.82, 2.24) is 4.31 Å². The molecule has 1 heterocycles. The molecule has 1 fully saturated rings. The quantitative estimate of drug-likeness (QED) is 0.882. The van der Waals surface area contributed by atoms with Crippen LogP contribution in [0.5, 0.6) is 0 Å². The van der Waals surface area contributed by atoms with Crippen molar-refractivity contribution in [3.05, 3.63) is 29.8 Å². The predicted octanol–water partition coefficient (Wildman–Crippen LogP) is 1.39. The summed E-state index contributed by atoms with van der Waals surface area (Å²) in [5.41, 5.74) is 0.919. The summed E-state index contributed by atoms with van der Waals surface area (Å²) in [5.74, 6) is 0.161. The maximum Gasteiger partial charge on any atom is 0.243 e. The highest BCUT2D eigenvalue weighted by atomic mass is 32.2. The lowest BCUT2D eigenvalue weighted by atomic mass is 9.98. The average molecular weight is 269 g/mol. The molecular weight excluding hydrogens is 250 g/mol. The van der Waals surface area contributed by atoms with Gasteiger partial charge in [-0.05, 0) is 37.0 Å². The number of β-amino-alcohol motifs (C(OH)–C–C–N with tert-alkyl or cyclic N) is 1. The van der Waals surface area contributed by atoms with Crippen LogP contribution in [0.3, 0.4) is 0 Å². The fourth-order valence-electron chi connectivity index (χ4n) is 2.16. The monoisotopic (exact) mass is 269 g/mol. The molecule has 0 spiro atoms. The first-order chi connectivity index (χ1) is 8.41. The van der Waals surface area contributed by atoms with Crippen molar-refractivity contribution in [1.29, 1.82) is 0 Å². The first kappa shape index (κ1) is 13.5. The number of aliphatic hydroxyl groups is 1. The average Bonchev–Trinajstić information content (AvgIpc) is 2.32. The largest absolute Gasteiger partial charge is 0.391 e. The number of hydrogen-bond acceptors (Lipinski definition) is 3. The SMILES string of the molecule is Cc1cccc(S(=O)(=O)N2CCC(C)C(O)C2)c1. The normalized spacial score (nSPS) is 26.2. The molecule has 1 N–H and O–H groups in total. The van der Waals surface area contributed by atoms with Gasteiger partial charge >= 0.3 is 0 Å². The molecule has 1 aromatic carbocycles. The lowest BCUT2D eigenvalue weighted by Gasteiger charge is -2.33. The van der Waals surface area contributed by atoms with E-state index in [1.165, 1.54) is 4.31 Å². The van der Waals surface area contributed by atoms with Gasteiger partial charge in [-0.1, -0.05) is 19.1 Å². The second-order valence-corrected chi connectivity index (χ2v) is 6.95. The Hall–Kier alpha value is -0.910. The molecule has 1 aliphatic rings. The molecule has 0 saturated carbocycles. The summed E-state index contributed by atoms with van der Waals surface area (Å²) < 4.78 is 26.2. The van der Waals surface area contributed by atoms with E-state index in [0.29, 0.717) is 17.9 Å². The van der Waals surface area contributed by atoms with Crippen LogP contribution < -0.4 is 0 Å². The van der Waals surface area contributed by atoms with Gasteiger partial charge in [0.05, 0.1) is 11.0 Å². The van der Waals surface area contributed by atoms with Gasteiger partial charge in [0.25, 0.3) is 0 Å². The van der Waals surface area contributed by atoms with Gasteiger partial charge in [0.1, 0.15) is 0 Å². The molecule has 0 aromatic heterocycles. The lowest BCUT2D eigenvalue weighted by molar-refractivity contribution is 0.0605. The number of rotatable bonds is 2. The van der Waals surface area contributed by atoms with Crippen LogP contribution in [0.1, 0.15) is 18.9 Å². The predicted molar refractivity (Wildman–Crippen MR) is 69.7 cm³/mol. The number of nitrogens with zero attached hydrogens (tertiary/aromatic N) is 1. The second kappa shape index (κ2) is 4.99. The van der Waals surface area contributed by atoms with E-state index >= 15 is 0 Å². The molecule has 18 heavy (non-hydrogen) atoms. The van der Waals surface area contributed by atoms with E-state index in [1.54, 1.807) is 18.2 Å². The minimum Gasteiger partial charge on any atom is -0.391 e. The summed E-state index contributed by atoms with van der Waals surface area (Å²) in [6.45, 7) is 4.49. The summed E-state index contributed by atoms with van der Waals surface area (Å²) in [6, 6.07) is 6.88. The Labute approximate surface area is 108 Å². The molecule has 0 radical (unpaired) electrons. The molecule has 2 unspecified atom stereocenters. The van der Waals surface area contributed by atoms with Crippen molar-refractivity contribution in [2.75, 3.05) is 13.1 Å². The molecule has 5 heteroatoms. The number of sulfonamides is 1. The molecule has 1 aromatic rings. The van der Waals surface area contributed by atoms with E-state index in [9.17, 15) is 13.5 Å². The van der Waals surface area contributed by atoms with Gasteiger partial charge in [-0.25, -0.2) is 8.42 Å². The highest BCUT2D eigenvalue weighted by molar-refractivity contribution is 7.89. The third-order valence-electron chi connectivity index (χ3n) is 3.51. The molecule has 4 nitrogen and oxygen atoms in total. The summed E-state index contributed by atoms with van der Waals surface area (Å²) in [4.78, 5) is 0.309. The molecule has 2 rings (SSSR count). The van der Waals surface area contributed by atoms with Gasteiger partial charge < -0.3 is 5.11 Å². The van der Waals surface area contributed by atoms with Crippen molar-refractivity contribution in [3.63, 3.8) is 0 Å². The number of benzene rings is 1. The van der Waals surface area contributed by atoms with E-state index in [2.05, 4.69) is 0 Å². The summed E-state index contributed by atoms with van der Waals surface area (Å²) in [7, 11) is -3.47. The van der Waals surface area contributed by atoms with E-state index < -0.39 is 16.1 Å². The first-order valence-corrected chi connectivity index (χ1v) is 7.60. The zero-order valence-corrected chi connectivity index (χ0v) is 11.5. The summed E-state index contributed by atoms with van der Waals surface area (Å²) >= 11 is 0. The van der Waals surface area contributed by atoms with Crippen LogP contribution in [-0.4, -0.2) is 37.0 Å². The minimum atomic E-state index is -3.47. The van der Waals surface area contributed by atoms with Crippen molar-refractivity contribution in [3.8, 4) is 0 Å². The van der Waals surface area contributed by atoms with E-state index in [1.807, 2.05) is 19.9 Å². The molecule has 1 aliphatic heterocycles. The van der Waals surface area contributed by atoms with Gasteiger partial charge in [-0.3, -0.25) is 0 Å². The van der Waals surface area contributed by atoms with Gasteiger partial charge in [-0.15, -0.1) is 0 Å². The zero-order valence-electron chi connectivity index (χ0n) is 10.7. The maximum atomic E-state index is 12.4. The lowest BCUT2D eigenvalue weighted by Crippen LogP contribution is -2.45. The van der Waals surface area contributed by atoms with Crippen molar-refractivity contribution < 1.29 is 13.5 Å². The molecule has 0 amide bonds. The Morgan fingerprint density at radius 1 is 1.39 bits per heavy atom. The number of piperidine rings is 1. The highest BCUT2D eigenvalue weighted by Gasteiger charge is 2.32. The molecule has 0 aliphatic carbocycles. The van der Waals surface area contributed by atoms with Gasteiger partial charge in [-0.2, -0.15) is 4.31 Å². The van der Waals surface area contributed by atoms with Crippen molar-refractivity contribution in [2.45, 2.75) is 31.3 Å². The van der Waals surface area contributed by atoms with Crippen LogP contribution in [0.2, 0.25) is 0 Å². The third kappa shape index (κ3) is 2.58.